The quantitative estimate of drug-likeness (QED) is 0.491. The Morgan fingerprint density at radius 1 is 0.926 bits per heavy atom. The van der Waals surface area contributed by atoms with Crippen molar-refractivity contribution in [2.75, 3.05) is 18.5 Å². The number of ketones is 1. The maximum Gasteiger partial charge on any atom is 0.341 e. The molecule has 0 fully saturated rings. The maximum atomic E-state index is 11.9. The maximum absolute atomic E-state index is 11.9. The average molecular weight is 371 g/mol. The molecule has 0 heterocycles. The number of ether oxygens (including phenoxy) is 2. The largest absolute Gasteiger partial charge is 0.494 e. The third kappa shape index (κ3) is 7.19. The summed E-state index contributed by atoms with van der Waals surface area (Å²) in [4.78, 5) is 33.6. The second-order valence-corrected chi connectivity index (χ2v) is 5.79. The Balaban J connectivity index is 1.68. The number of carbonyl (C=O) groups is 3. The van der Waals surface area contributed by atoms with E-state index >= 15 is 0 Å². The lowest BCUT2D eigenvalue weighted by molar-refractivity contribution is -0.139. The summed E-state index contributed by atoms with van der Waals surface area (Å²) < 4.78 is 10.6. The molecule has 27 heavy (non-hydrogen) atoms. The van der Waals surface area contributed by atoms with E-state index in [9.17, 15) is 14.4 Å². The Labute approximate surface area is 156 Å². The van der Waals surface area contributed by atoms with E-state index in [2.05, 4.69) is 5.32 Å². The van der Waals surface area contributed by atoms with Crippen molar-refractivity contribution in [1.29, 1.82) is 0 Å². The van der Waals surface area contributed by atoms with Crippen molar-refractivity contribution in [2.45, 2.75) is 19.8 Å². The van der Waals surface area contributed by atoms with Crippen LogP contribution >= 0.6 is 0 Å². The minimum absolute atomic E-state index is 0.000276. The fourth-order valence-corrected chi connectivity index (χ4v) is 2.21. The Bertz CT molecular complexity index is 783. The lowest BCUT2D eigenvalue weighted by Crippen LogP contribution is -2.13. The summed E-state index contributed by atoms with van der Waals surface area (Å²) in [5, 5.41) is 11.3. The van der Waals surface area contributed by atoms with E-state index < -0.39 is 12.6 Å². The fourth-order valence-electron chi connectivity index (χ4n) is 2.21. The Kier molecular flexibility index (Phi) is 7.37. The normalized spacial score (nSPS) is 10.1. The van der Waals surface area contributed by atoms with Gasteiger partial charge in [0.05, 0.1) is 6.61 Å². The van der Waals surface area contributed by atoms with E-state index in [0.717, 1.165) is 0 Å². The number of amides is 1. The number of Topliss-reactive ketones (excluding diaryl/α,β-unsaturated/α-hetero) is 1. The zero-order chi connectivity index (χ0) is 19.6. The van der Waals surface area contributed by atoms with Gasteiger partial charge in [0.25, 0.3) is 0 Å². The number of benzene rings is 2. The first-order valence-electron chi connectivity index (χ1n) is 8.42. The van der Waals surface area contributed by atoms with Gasteiger partial charge in [-0.3, -0.25) is 9.59 Å². The molecule has 0 bridgehead atoms. The number of aliphatic carboxylic acids is 1. The fraction of sp³-hybridized carbons (Fsp3) is 0.250. The number of rotatable bonds is 10. The lowest BCUT2D eigenvalue weighted by Gasteiger charge is -2.08. The molecule has 7 nitrogen and oxygen atoms in total. The van der Waals surface area contributed by atoms with Crippen LogP contribution in [0, 0.1) is 0 Å². The molecule has 0 unspecified atom stereocenters. The Morgan fingerprint density at radius 2 is 1.52 bits per heavy atom. The number of hydrogen-bond donors (Lipinski definition) is 2. The minimum atomic E-state index is -1.05. The summed E-state index contributed by atoms with van der Waals surface area (Å²) in [5.41, 5.74) is 1.23. The van der Waals surface area contributed by atoms with E-state index in [-0.39, 0.29) is 11.7 Å². The van der Waals surface area contributed by atoms with E-state index in [1.807, 2.05) is 0 Å². The van der Waals surface area contributed by atoms with Crippen molar-refractivity contribution >= 4 is 23.3 Å². The van der Waals surface area contributed by atoms with Crippen LogP contribution in [0.3, 0.4) is 0 Å². The van der Waals surface area contributed by atoms with Gasteiger partial charge in [-0.25, -0.2) is 4.79 Å². The number of carboxylic acid groups (broad SMARTS) is 1. The van der Waals surface area contributed by atoms with E-state index in [1.54, 1.807) is 48.5 Å². The van der Waals surface area contributed by atoms with Gasteiger partial charge in [0.15, 0.2) is 12.4 Å². The van der Waals surface area contributed by atoms with Crippen LogP contribution in [-0.2, 0) is 9.59 Å². The van der Waals surface area contributed by atoms with Crippen molar-refractivity contribution in [3.8, 4) is 11.5 Å². The van der Waals surface area contributed by atoms with Gasteiger partial charge in [-0.15, -0.1) is 0 Å². The lowest BCUT2D eigenvalue weighted by atomic mass is 10.1. The van der Waals surface area contributed by atoms with Crippen molar-refractivity contribution in [1.82, 2.24) is 0 Å². The average Bonchev–Trinajstić information content (AvgIpc) is 2.65. The summed E-state index contributed by atoms with van der Waals surface area (Å²) in [6.07, 6.45) is 0.836. The molecule has 0 radical (unpaired) electrons. The van der Waals surface area contributed by atoms with Gasteiger partial charge < -0.3 is 19.9 Å². The topological polar surface area (TPSA) is 102 Å². The monoisotopic (exact) mass is 371 g/mol. The summed E-state index contributed by atoms with van der Waals surface area (Å²) in [6, 6.07) is 13.3. The highest BCUT2D eigenvalue weighted by Gasteiger charge is 2.05. The van der Waals surface area contributed by atoms with Crippen molar-refractivity contribution < 1.29 is 29.0 Å². The first-order chi connectivity index (χ1) is 12.9. The van der Waals surface area contributed by atoms with Crippen LogP contribution < -0.4 is 14.8 Å². The van der Waals surface area contributed by atoms with Crippen molar-refractivity contribution in [2.24, 2.45) is 0 Å². The van der Waals surface area contributed by atoms with Crippen LogP contribution in [0.5, 0.6) is 11.5 Å². The third-order valence-corrected chi connectivity index (χ3v) is 3.58. The van der Waals surface area contributed by atoms with Gasteiger partial charge >= 0.3 is 5.97 Å². The molecule has 0 aromatic heterocycles. The summed E-state index contributed by atoms with van der Waals surface area (Å²) >= 11 is 0. The highest BCUT2D eigenvalue weighted by Crippen LogP contribution is 2.16. The van der Waals surface area contributed by atoms with Crippen LogP contribution in [0.2, 0.25) is 0 Å². The molecule has 7 heteroatoms. The molecule has 0 saturated carbocycles. The molecule has 0 saturated heterocycles. The minimum Gasteiger partial charge on any atom is -0.494 e. The molecular formula is C20H21NO6. The summed E-state index contributed by atoms with van der Waals surface area (Å²) in [5.74, 6) is -0.134. The molecule has 2 aromatic carbocycles. The predicted molar refractivity (Wildman–Crippen MR) is 99.4 cm³/mol. The second-order valence-electron chi connectivity index (χ2n) is 5.79. The highest BCUT2D eigenvalue weighted by molar-refractivity contribution is 5.94. The van der Waals surface area contributed by atoms with Crippen LogP contribution in [0.1, 0.15) is 30.1 Å². The van der Waals surface area contributed by atoms with Crippen molar-refractivity contribution in [3.63, 3.8) is 0 Å². The van der Waals surface area contributed by atoms with E-state index in [4.69, 9.17) is 14.6 Å². The SMILES string of the molecule is CC(=O)c1ccc(OCCCC(=O)Nc2ccc(OCC(=O)O)cc2)cc1. The van der Waals surface area contributed by atoms with E-state index in [0.29, 0.717) is 42.2 Å². The molecule has 2 rings (SSSR count). The standard InChI is InChI=1S/C20H21NO6/c1-14(22)15-4-8-17(9-5-15)26-12-2-3-19(23)21-16-6-10-18(11-7-16)27-13-20(24)25/h4-11H,2-3,12-13H2,1H3,(H,21,23)(H,24,25). The number of carboxylic acids is 1. The van der Waals surface area contributed by atoms with E-state index in [1.165, 1.54) is 6.92 Å². The molecule has 142 valence electrons. The molecule has 0 atom stereocenters. The molecule has 0 spiro atoms. The second kappa shape index (κ2) is 9.96. The first kappa shape index (κ1) is 20.0. The molecule has 1 amide bonds. The van der Waals surface area contributed by atoms with Crippen LogP contribution in [-0.4, -0.2) is 36.0 Å². The molecule has 0 aliphatic carbocycles. The third-order valence-electron chi connectivity index (χ3n) is 3.58. The number of hydrogen-bond acceptors (Lipinski definition) is 5. The van der Waals surface area contributed by atoms with Crippen LogP contribution in [0.15, 0.2) is 48.5 Å². The molecule has 2 aromatic rings. The van der Waals surface area contributed by atoms with Gasteiger partial charge in [-0.05, 0) is 61.9 Å². The van der Waals surface area contributed by atoms with Gasteiger partial charge in [0.2, 0.25) is 5.91 Å². The predicted octanol–water partition coefficient (Wildman–Crippen LogP) is 3.15. The van der Waals surface area contributed by atoms with Gasteiger partial charge in [-0.1, -0.05) is 0 Å². The molecule has 2 N–H and O–H groups in total. The number of nitrogens with one attached hydrogen (secondary N) is 1. The van der Waals surface area contributed by atoms with Gasteiger partial charge in [0.1, 0.15) is 11.5 Å². The van der Waals surface area contributed by atoms with Gasteiger partial charge in [-0.2, -0.15) is 0 Å². The smallest absolute Gasteiger partial charge is 0.341 e. The van der Waals surface area contributed by atoms with Crippen molar-refractivity contribution in [3.05, 3.63) is 54.1 Å². The number of anilines is 1. The summed E-state index contributed by atoms with van der Waals surface area (Å²) in [6.45, 7) is 1.48. The Hall–Kier alpha value is -3.35. The van der Waals surface area contributed by atoms with Crippen LogP contribution in [0.4, 0.5) is 5.69 Å². The van der Waals surface area contributed by atoms with Crippen LogP contribution in [0.25, 0.3) is 0 Å². The molecule has 0 aliphatic heterocycles. The molecule has 0 aliphatic rings. The zero-order valence-electron chi connectivity index (χ0n) is 14.9. The highest BCUT2D eigenvalue weighted by atomic mass is 16.5. The Morgan fingerprint density at radius 3 is 2.11 bits per heavy atom. The number of carbonyl (C=O) groups excluding carboxylic acids is 2. The first-order valence-corrected chi connectivity index (χ1v) is 8.42. The summed E-state index contributed by atoms with van der Waals surface area (Å²) in [7, 11) is 0. The van der Waals surface area contributed by atoms with Gasteiger partial charge in [0, 0.05) is 17.7 Å². The zero-order valence-corrected chi connectivity index (χ0v) is 14.9. The molecular weight excluding hydrogens is 350 g/mol.